The van der Waals surface area contributed by atoms with Gasteiger partial charge in [0.15, 0.2) is 0 Å². The minimum atomic E-state index is 0.129. The van der Waals surface area contributed by atoms with Gasteiger partial charge >= 0.3 is 0 Å². The first-order valence-corrected chi connectivity index (χ1v) is 8.77. The SMILES string of the molecule is COc1ccc(-c2ccc(CCC(=O)NC3CCCCC3)o2)cc1. The van der Waals surface area contributed by atoms with E-state index in [-0.39, 0.29) is 5.91 Å². The first-order chi connectivity index (χ1) is 11.7. The molecule has 1 aliphatic carbocycles. The van der Waals surface area contributed by atoms with Gasteiger partial charge in [0.1, 0.15) is 17.3 Å². The van der Waals surface area contributed by atoms with Gasteiger partial charge in [-0.2, -0.15) is 0 Å². The summed E-state index contributed by atoms with van der Waals surface area (Å²) in [4.78, 5) is 12.1. The van der Waals surface area contributed by atoms with Gasteiger partial charge in [-0.3, -0.25) is 4.79 Å². The zero-order valence-electron chi connectivity index (χ0n) is 14.2. The van der Waals surface area contributed by atoms with Crippen molar-refractivity contribution in [2.24, 2.45) is 0 Å². The number of carbonyl (C=O) groups excluding carboxylic acids is 1. The number of hydrogen-bond donors (Lipinski definition) is 1. The minimum absolute atomic E-state index is 0.129. The average Bonchev–Trinajstić information content (AvgIpc) is 3.10. The van der Waals surface area contributed by atoms with Crippen LogP contribution in [-0.2, 0) is 11.2 Å². The van der Waals surface area contributed by atoms with E-state index >= 15 is 0 Å². The number of amides is 1. The second-order valence-corrected chi connectivity index (χ2v) is 6.40. The quantitative estimate of drug-likeness (QED) is 0.859. The molecular formula is C20H25NO3. The minimum Gasteiger partial charge on any atom is -0.497 e. The largest absolute Gasteiger partial charge is 0.497 e. The number of methoxy groups -OCH3 is 1. The molecule has 4 nitrogen and oxygen atoms in total. The first-order valence-electron chi connectivity index (χ1n) is 8.77. The monoisotopic (exact) mass is 327 g/mol. The van der Waals surface area contributed by atoms with Crippen molar-refractivity contribution in [3.63, 3.8) is 0 Å². The topological polar surface area (TPSA) is 51.5 Å². The molecule has 1 N–H and O–H groups in total. The highest BCUT2D eigenvalue weighted by atomic mass is 16.5. The molecule has 4 heteroatoms. The molecule has 24 heavy (non-hydrogen) atoms. The van der Waals surface area contributed by atoms with E-state index in [1.807, 2.05) is 36.4 Å². The number of furan rings is 1. The van der Waals surface area contributed by atoms with E-state index in [0.29, 0.717) is 18.9 Å². The van der Waals surface area contributed by atoms with E-state index in [0.717, 1.165) is 35.7 Å². The predicted octanol–water partition coefficient (Wildman–Crippen LogP) is 4.34. The van der Waals surface area contributed by atoms with Gasteiger partial charge in [0.25, 0.3) is 0 Å². The van der Waals surface area contributed by atoms with Crippen molar-refractivity contribution in [1.82, 2.24) is 5.32 Å². The Morgan fingerprint density at radius 3 is 2.58 bits per heavy atom. The lowest BCUT2D eigenvalue weighted by Gasteiger charge is -2.22. The molecule has 1 saturated carbocycles. The Kier molecular flexibility index (Phi) is 5.57. The van der Waals surface area contributed by atoms with Gasteiger partial charge in [-0.25, -0.2) is 0 Å². The van der Waals surface area contributed by atoms with Crippen LogP contribution in [0.1, 0.15) is 44.3 Å². The predicted molar refractivity (Wildman–Crippen MR) is 94.0 cm³/mol. The van der Waals surface area contributed by atoms with Crippen LogP contribution in [0.3, 0.4) is 0 Å². The Morgan fingerprint density at radius 1 is 1.12 bits per heavy atom. The fraction of sp³-hybridized carbons (Fsp3) is 0.450. The highest BCUT2D eigenvalue weighted by Crippen LogP contribution is 2.25. The van der Waals surface area contributed by atoms with E-state index in [1.54, 1.807) is 7.11 Å². The molecule has 1 amide bonds. The van der Waals surface area contributed by atoms with Crippen LogP contribution in [-0.4, -0.2) is 19.1 Å². The van der Waals surface area contributed by atoms with Crippen LogP contribution in [0.15, 0.2) is 40.8 Å². The van der Waals surface area contributed by atoms with Gasteiger partial charge in [-0.05, 0) is 49.2 Å². The number of hydrogen-bond acceptors (Lipinski definition) is 3. The van der Waals surface area contributed by atoms with E-state index in [1.165, 1.54) is 19.3 Å². The summed E-state index contributed by atoms with van der Waals surface area (Å²) in [7, 11) is 1.65. The summed E-state index contributed by atoms with van der Waals surface area (Å²) >= 11 is 0. The van der Waals surface area contributed by atoms with Crippen molar-refractivity contribution in [2.75, 3.05) is 7.11 Å². The van der Waals surface area contributed by atoms with Crippen molar-refractivity contribution in [1.29, 1.82) is 0 Å². The van der Waals surface area contributed by atoms with E-state index in [9.17, 15) is 4.79 Å². The molecule has 2 aromatic rings. The molecule has 1 aromatic carbocycles. The van der Waals surface area contributed by atoms with Crippen LogP contribution in [0.25, 0.3) is 11.3 Å². The number of carbonyl (C=O) groups is 1. The summed E-state index contributed by atoms with van der Waals surface area (Å²) in [5.74, 6) is 2.62. The molecule has 128 valence electrons. The smallest absolute Gasteiger partial charge is 0.220 e. The van der Waals surface area contributed by atoms with Crippen molar-refractivity contribution in [3.8, 4) is 17.1 Å². The Bertz CT molecular complexity index is 654. The molecule has 1 aliphatic rings. The van der Waals surface area contributed by atoms with Crippen molar-refractivity contribution >= 4 is 5.91 Å². The summed E-state index contributed by atoms with van der Waals surface area (Å²) in [5.41, 5.74) is 1.01. The molecule has 1 aromatic heterocycles. The lowest BCUT2D eigenvalue weighted by atomic mass is 9.95. The molecule has 0 atom stereocenters. The van der Waals surface area contributed by atoms with Crippen LogP contribution in [0.5, 0.6) is 5.75 Å². The highest BCUT2D eigenvalue weighted by molar-refractivity contribution is 5.76. The molecule has 0 spiro atoms. The normalized spacial score (nSPS) is 15.2. The Hall–Kier alpha value is -2.23. The zero-order chi connectivity index (χ0) is 16.8. The van der Waals surface area contributed by atoms with E-state index < -0.39 is 0 Å². The number of rotatable bonds is 6. The van der Waals surface area contributed by atoms with Crippen molar-refractivity contribution in [2.45, 2.75) is 51.0 Å². The third-order valence-corrected chi connectivity index (χ3v) is 4.60. The second kappa shape index (κ2) is 8.04. The Labute approximate surface area is 143 Å². The number of ether oxygens (including phenoxy) is 1. The maximum absolute atomic E-state index is 12.1. The van der Waals surface area contributed by atoms with Gasteiger partial charge < -0.3 is 14.5 Å². The van der Waals surface area contributed by atoms with E-state index in [2.05, 4.69) is 5.32 Å². The van der Waals surface area contributed by atoms with Crippen LogP contribution >= 0.6 is 0 Å². The van der Waals surface area contributed by atoms with Gasteiger partial charge in [-0.15, -0.1) is 0 Å². The molecular weight excluding hydrogens is 302 g/mol. The summed E-state index contributed by atoms with van der Waals surface area (Å²) < 4.78 is 11.0. The molecule has 0 saturated heterocycles. The fourth-order valence-electron chi connectivity index (χ4n) is 3.21. The maximum Gasteiger partial charge on any atom is 0.220 e. The molecule has 0 aliphatic heterocycles. The van der Waals surface area contributed by atoms with Crippen LogP contribution in [0, 0.1) is 0 Å². The molecule has 0 bridgehead atoms. The third kappa shape index (κ3) is 4.40. The molecule has 3 rings (SSSR count). The molecule has 1 heterocycles. The summed E-state index contributed by atoms with van der Waals surface area (Å²) in [6, 6.07) is 12.0. The third-order valence-electron chi connectivity index (χ3n) is 4.60. The van der Waals surface area contributed by atoms with Gasteiger partial charge in [-0.1, -0.05) is 19.3 Å². The summed E-state index contributed by atoms with van der Waals surface area (Å²) in [6.45, 7) is 0. The molecule has 1 fully saturated rings. The number of benzene rings is 1. The van der Waals surface area contributed by atoms with Gasteiger partial charge in [0.2, 0.25) is 5.91 Å². The summed E-state index contributed by atoms with van der Waals surface area (Å²) in [6.07, 6.45) is 7.11. The first kappa shape index (κ1) is 16.6. The van der Waals surface area contributed by atoms with Crippen molar-refractivity contribution in [3.05, 3.63) is 42.2 Å². The van der Waals surface area contributed by atoms with Gasteiger partial charge in [0, 0.05) is 24.4 Å². The average molecular weight is 327 g/mol. The summed E-state index contributed by atoms with van der Waals surface area (Å²) in [5, 5.41) is 3.15. The Balaban J connectivity index is 1.50. The molecule has 0 unspecified atom stereocenters. The van der Waals surface area contributed by atoms with Crippen LogP contribution in [0.4, 0.5) is 0 Å². The highest BCUT2D eigenvalue weighted by Gasteiger charge is 2.16. The van der Waals surface area contributed by atoms with Crippen LogP contribution in [0.2, 0.25) is 0 Å². The number of nitrogens with one attached hydrogen (secondary N) is 1. The lowest BCUT2D eigenvalue weighted by Crippen LogP contribution is -2.36. The lowest BCUT2D eigenvalue weighted by molar-refractivity contribution is -0.122. The van der Waals surface area contributed by atoms with E-state index in [4.69, 9.17) is 9.15 Å². The van der Waals surface area contributed by atoms with Crippen molar-refractivity contribution < 1.29 is 13.9 Å². The molecule has 0 radical (unpaired) electrons. The fourth-order valence-corrected chi connectivity index (χ4v) is 3.21. The number of aryl methyl sites for hydroxylation is 1. The maximum atomic E-state index is 12.1. The van der Waals surface area contributed by atoms with Gasteiger partial charge in [0.05, 0.1) is 7.11 Å². The second-order valence-electron chi connectivity index (χ2n) is 6.40. The zero-order valence-corrected chi connectivity index (χ0v) is 14.2. The standard InChI is InChI=1S/C20H25NO3/c1-23-17-9-7-15(8-10-17)19-13-11-18(24-19)12-14-20(22)21-16-5-3-2-4-6-16/h7-11,13,16H,2-6,12,14H2,1H3,(H,21,22). The Morgan fingerprint density at radius 2 is 1.88 bits per heavy atom. The van der Waals surface area contributed by atoms with Crippen LogP contribution < -0.4 is 10.1 Å².